The number of piperidine rings is 3. The van der Waals surface area contributed by atoms with Crippen molar-refractivity contribution in [2.75, 3.05) is 50.3 Å². The first-order valence-electron chi connectivity index (χ1n) is 15.9. The molecule has 4 aliphatic rings. The van der Waals surface area contributed by atoms with Gasteiger partial charge >= 0.3 is 12.1 Å². The molecule has 238 valence electrons. The van der Waals surface area contributed by atoms with Crippen LogP contribution in [0.15, 0.2) is 23.6 Å². The smallest absolute Gasteiger partial charge is 0.410 e. The lowest BCUT2D eigenvalue weighted by molar-refractivity contribution is -0.142. The summed E-state index contributed by atoms with van der Waals surface area (Å²) in [6, 6.07) is 5.54. The third-order valence-corrected chi connectivity index (χ3v) is 11.2. The Morgan fingerprint density at radius 3 is 2.43 bits per heavy atom. The first-order chi connectivity index (χ1) is 21.3. The lowest BCUT2D eigenvalue weighted by Crippen LogP contribution is -2.52. The van der Waals surface area contributed by atoms with Crippen LogP contribution in [0.1, 0.15) is 54.5 Å². The number of amides is 4. The number of thiophene rings is 1. The van der Waals surface area contributed by atoms with Crippen LogP contribution in [0.4, 0.5) is 21.0 Å². The number of ether oxygens (including phenoxy) is 1. The fraction of sp³-hybridized carbons (Fsp3) is 0.594. The van der Waals surface area contributed by atoms with E-state index in [0.29, 0.717) is 68.1 Å². The lowest BCUT2D eigenvalue weighted by atomic mass is 9.79. The van der Waals surface area contributed by atoms with Gasteiger partial charge in [-0.05, 0) is 99.0 Å². The average Bonchev–Trinajstić information content (AvgIpc) is 3.50. The molecule has 4 aliphatic heterocycles. The van der Waals surface area contributed by atoms with Crippen LogP contribution in [0.25, 0.3) is 0 Å². The van der Waals surface area contributed by atoms with Crippen LogP contribution in [0.5, 0.6) is 0 Å². The number of hydrogen-bond donors (Lipinski definition) is 3. The second-order valence-electron chi connectivity index (χ2n) is 12.7. The third-order valence-electron chi connectivity index (χ3n) is 9.96. The van der Waals surface area contributed by atoms with E-state index in [9.17, 15) is 14.4 Å². The molecule has 1 aromatic carbocycles. The van der Waals surface area contributed by atoms with Gasteiger partial charge in [0.25, 0.3) is 5.91 Å². The van der Waals surface area contributed by atoms with Crippen molar-refractivity contribution >= 4 is 52.3 Å². The van der Waals surface area contributed by atoms with Crippen molar-refractivity contribution in [1.82, 2.24) is 20.0 Å². The number of carbonyl (C=O) groups excluding carboxylic acids is 3. The third kappa shape index (κ3) is 6.79. The topological polar surface area (TPSA) is 120 Å². The van der Waals surface area contributed by atoms with E-state index in [0.717, 1.165) is 47.6 Å². The van der Waals surface area contributed by atoms with Gasteiger partial charge in [0.15, 0.2) is 6.10 Å². The van der Waals surface area contributed by atoms with Gasteiger partial charge in [0.1, 0.15) is 0 Å². The number of hydrogen-bond acceptors (Lipinski definition) is 7. The lowest BCUT2D eigenvalue weighted by Gasteiger charge is -2.40. The maximum Gasteiger partial charge on any atom is 0.410 e. The van der Waals surface area contributed by atoms with Gasteiger partial charge < -0.3 is 35.8 Å². The molecule has 2 aromatic rings. The fourth-order valence-corrected chi connectivity index (χ4v) is 8.40. The first-order valence-corrected chi connectivity index (χ1v) is 17.2. The monoisotopic (exact) mass is 642 g/mol. The van der Waals surface area contributed by atoms with E-state index in [1.165, 1.54) is 12.8 Å². The number of fused-ring (bicyclic) bond motifs is 1. The molecule has 6 rings (SSSR count). The molecular weight excluding hydrogens is 600 g/mol. The van der Waals surface area contributed by atoms with Gasteiger partial charge in [-0.1, -0.05) is 17.7 Å². The van der Waals surface area contributed by atoms with Crippen LogP contribution >= 0.6 is 22.9 Å². The predicted octanol–water partition coefficient (Wildman–Crippen LogP) is 5.09. The second kappa shape index (κ2) is 13.5. The number of rotatable bonds is 6. The molecule has 0 spiro atoms. The van der Waals surface area contributed by atoms with Crippen LogP contribution < -0.4 is 16.4 Å². The minimum absolute atomic E-state index is 0.0351. The summed E-state index contributed by atoms with van der Waals surface area (Å²) in [4.78, 5) is 46.7. The van der Waals surface area contributed by atoms with Crippen molar-refractivity contribution in [2.24, 2.45) is 11.8 Å². The van der Waals surface area contributed by atoms with E-state index in [2.05, 4.69) is 10.6 Å². The van der Waals surface area contributed by atoms with E-state index in [4.69, 9.17) is 22.1 Å². The molecule has 44 heavy (non-hydrogen) atoms. The van der Waals surface area contributed by atoms with Crippen molar-refractivity contribution in [1.29, 1.82) is 0 Å². The summed E-state index contributed by atoms with van der Waals surface area (Å²) in [6.45, 7) is 6.89. The molecule has 3 fully saturated rings. The van der Waals surface area contributed by atoms with Crippen molar-refractivity contribution in [3.63, 3.8) is 0 Å². The van der Waals surface area contributed by atoms with E-state index in [1.54, 1.807) is 22.3 Å². The number of likely N-dealkylation sites (tertiary alicyclic amines) is 2. The minimum Gasteiger partial charge on any atom is -0.436 e. The normalized spacial score (nSPS) is 21.1. The summed E-state index contributed by atoms with van der Waals surface area (Å²) in [5.41, 5.74) is 9.10. The molecule has 3 saturated heterocycles. The van der Waals surface area contributed by atoms with E-state index in [-0.39, 0.29) is 24.4 Å². The highest BCUT2D eigenvalue weighted by Crippen LogP contribution is 2.33. The van der Waals surface area contributed by atoms with E-state index < -0.39 is 12.2 Å². The Morgan fingerprint density at radius 2 is 1.73 bits per heavy atom. The molecule has 0 saturated carbocycles. The zero-order valence-electron chi connectivity index (χ0n) is 25.4. The van der Waals surface area contributed by atoms with Crippen molar-refractivity contribution < 1.29 is 19.1 Å². The Balaban J connectivity index is 1.09. The Labute approximate surface area is 268 Å². The maximum atomic E-state index is 13.9. The number of urea groups is 1. The number of halogens is 1. The van der Waals surface area contributed by atoms with Crippen LogP contribution in [0, 0.1) is 18.8 Å². The largest absolute Gasteiger partial charge is 0.436 e. The Bertz CT molecular complexity index is 1340. The molecule has 4 amide bonds. The van der Waals surface area contributed by atoms with Crippen LogP contribution in [0.2, 0.25) is 5.02 Å². The van der Waals surface area contributed by atoms with Gasteiger partial charge in [-0.25, -0.2) is 9.59 Å². The van der Waals surface area contributed by atoms with Crippen LogP contribution in [0.3, 0.4) is 0 Å². The summed E-state index contributed by atoms with van der Waals surface area (Å²) >= 11 is 8.02. The van der Waals surface area contributed by atoms with Gasteiger partial charge in [0.05, 0.1) is 22.9 Å². The zero-order valence-corrected chi connectivity index (χ0v) is 26.9. The highest BCUT2D eigenvalue weighted by molar-refractivity contribution is 7.10. The second-order valence-corrected chi connectivity index (χ2v) is 14.1. The van der Waals surface area contributed by atoms with Gasteiger partial charge in [-0.15, -0.1) is 11.3 Å². The van der Waals surface area contributed by atoms with Gasteiger partial charge in [0, 0.05) is 43.5 Å². The molecule has 12 heteroatoms. The predicted molar refractivity (Wildman–Crippen MR) is 173 cm³/mol. The van der Waals surface area contributed by atoms with Gasteiger partial charge in [-0.2, -0.15) is 0 Å². The molecule has 1 atom stereocenters. The quantitative estimate of drug-likeness (QED) is 0.378. The maximum absolute atomic E-state index is 13.9. The Morgan fingerprint density at radius 1 is 1.05 bits per heavy atom. The molecule has 10 nitrogen and oxygen atoms in total. The standard InChI is InChI=1S/C32H43ClN6O4S/c1-20-16-21(17-25(33)29(20)34)18-27(30(40)37-11-4-23(5-12-37)22-2-9-35-10-3-22)43-32(42)38-13-6-24(7-14-38)39-19-28-26(8-15-44-28)36-31(39)41/h8,15-17,22-24,27,35H,2-7,9-14,18-19,34H2,1H3,(H,36,41)/t27-/m1/s1. The zero-order chi connectivity index (χ0) is 30.8. The molecule has 0 unspecified atom stereocenters. The number of aryl methyl sites for hydroxylation is 1. The molecule has 0 radical (unpaired) electrons. The highest BCUT2D eigenvalue weighted by Gasteiger charge is 2.37. The van der Waals surface area contributed by atoms with Crippen molar-refractivity contribution in [3.8, 4) is 0 Å². The average molecular weight is 643 g/mol. The fourth-order valence-electron chi connectivity index (χ4n) is 7.29. The SMILES string of the molecule is Cc1cc(C[C@@H](OC(=O)N2CCC(N3Cc4sccc4NC3=O)CC2)C(=O)N2CCC(C3CCNCC3)CC2)cc(Cl)c1N. The number of nitrogens with one attached hydrogen (secondary N) is 2. The summed E-state index contributed by atoms with van der Waals surface area (Å²) in [5.74, 6) is 1.20. The van der Waals surface area contributed by atoms with Gasteiger partial charge in [0.2, 0.25) is 0 Å². The molecule has 5 heterocycles. The van der Waals surface area contributed by atoms with Crippen LogP contribution in [-0.4, -0.2) is 84.1 Å². The van der Waals surface area contributed by atoms with E-state index >= 15 is 0 Å². The molecule has 1 aromatic heterocycles. The molecule has 0 aliphatic carbocycles. The molecular formula is C32H43ClN6O4S. The Kier molecular flexibility index (Phi) is 9.53. The number of anilines is 2. The summed E-state index contributed by atoms with van der Waals surface area (Å²) < 4.78 is 6.02. The van der Waals surface area contributed by atoms with Crippen LogP contribution in [-0.2, 0) is 22.5 Å². The van der Waals surface area contributed by atoms with E-state index in [1.807, 2.05) is 34.2 Å². The number of nitrogen functional groups attached to an aromatic ring is 1. The van der Waals surface area contributed by atoms with Gasteiger partial charge in [-0.3, -0.25) is 4.79 Å². The minimum atomic E-state index is -0.958. The highest BCUT2D eigenvalue weighted by atomic mass is 35.5. The number of benzene rings is 1. The summed E-state index contributed by atoms with van der Waals surface area (Å²) in [6.07, 6.45) is 4.44. The summed E-state index contributed by atoms with van der Waals surface area (Å²) in [5, 5.41) is 8.84. The number of nitrogens with zero attached hydrogens (tertiary/aromatic N) is 3. The first kappa shape index (κ1) is 31.0. The number of carbonyl (C=O) groups is 3. The molecule has 4 N–H and O–H groups in total. The van der Waals surface area contributed by atoms with Crippen molar-refractivity contribution in [2.45, 2.75) is 70.6 Å². The number of nitrogens with two attached hydrogens (primary N) is 1. The molecule has 0 bridgehead atoms. The Hall–Kier alpha value is -3.02. The summed E-state index contributed by atoms with van der Waals surface area (Å²) in [7, 11) is 0. The van der Waals surface area contributed by atoms with Crippen molar-refractivity contribution in [3.05, 3.63) is 44.6 Å².